The van der Waals surface area contributed by atoms with Crippen molar-refractivity contribution in [3.63, 3.8) is 0 Å². The Bertz CT molecular complexity index is 1160. The van der Waals surface area contributed by atoms with Crippen LogP contribution in [0.15, 0.2) is 60.7 Å². The number of nitrogens with one attached hydrogen (secondary N) is 1. The molecule has 0 spiro atoms. The van der Waals surface area contributed by atoms with E-state index in [0.29, 0.717) is 30.3 Å². The maximum absolute atomic E-state index is 13.2. The van der Waals surface area contributed by atoms with Crippen LogP contribution in [0, 0.1) is 0 Å². The summed E-state index contributed by atoms with van der Waals surface area (Å²) in [5, 5.41) is 13.8. The number of aliphatic carboxylic acids is 1. The highest BCUT2D eigenvalue weighted by Crippen LogP contribution is 2.35. The van der Waals surface area contributed by atoms with Crippen molar-refractivity contribution in [3.8, 4) is 17.2 Å². The zero-order valence-corrected chi connectivity index (χ0v) is 18.0. The number of carboxylic acid groups (broad SMARTS) is 1. The molecule has 1 heterocycles. The topological polar surface area (TPSA) is 94.1 Å². The minimum Gasteiger partial charge on any atom is -0.489 e. The van der Waals surface area contributed by atoms with Crippen LogP contribution in [0.3, 0.4) is 0 Å². The van der Waals surface area contributed by atoms with Gasteiger partial charge in [0.05, 0.1) is 18.6 Å². The molecule has 0 radical (unpaired) electrons. The second-order valence-corrected chi connectivity index (χ2v) is 7.86. The van der Waals surface area contributed by atoms with Gasteiger partial charge >= 0.3 is 5.97 Å². The van der Waals surface area contributed by atoms with Gasteiger partial charge in [-0.15, -0.1) is 0 Å². The van der Waals surface area contributed by atoms with Gasteiger partial charge in [0.2, 0.25) is 6.29 Å². The van der Waals surface area contributed by atoms with Gasteiger partial charge in [0.15, 0.2) is 11.5 Å². The molecule has 1 amide bonds. The molecule has 7 heteroatoms. The third kappa shape index (κ3) is 4.19. The van der Waals surface area contributed by atoms with Crippen LogP contribution >= 0.6 is 0 Å². The van der Waals surface area contributed by atoms with Crippen LogP contribution in [0.25, 0.3) is 10.8 Å². The molecule has 4 rings (SSSR count). The molecule has 3 aromatic carbocycles. The summed E-state index contributed by atoms with van der Waals surface area (Å²) >= 11 is 0. The predicted octanol–water partition coefficient (Wildman–Crippen LogP) is 4.39. The number of rotatable bonds is 6. The summed E-state index contributed by atoms with van der Waals surface area (Å²) < 4.78 is 18.0. The summed E-state index contributed by atoms with van der Waals surface area (Å²) in [6.45, 7) is 3.58. The molecule has 3 aromatic rings. The fourth-order valence-corrected chi connectivity index (χ4v) is 3.51. The van der Waals surface area contributed by atoms with Gasteiger partial charge in [-0.2, -0.15) is 0 Å². The van der Waals surface area contributed by atoms with Crippen LogP contribution in [0.4, 0.5) is 0 Å². The number of amides is 1. The molecule has 0 saturated heterocycles. The Morgan fingerprint density at radius 1 is 1.09 bits per heavy atom. The van der Waals surface area contributed by atoms with Crippen molar-refractivity contribution in [1.29, 1.82) is 0 Å². The van der Waals surface area contributed by atoms with Crippen LogP contribution < -0.4 is 19.5 Å². The second kappa shape index (κ2) is 8.78. The van der Waals surface area contributed by atoms with Gasteiger partial charge in [-0.25, -0.2) is 4.79 Å². The van der Waals surface area contributed by atoms with Crippen LogP contribution in [-0.2, 0) is 4.79 Å². The van der Waals surface area contributed by atoms with Gasteiger partial charge in [-0.1, -0.05) is 49.4 Å². The van der Waals surface area contributed by atoms with Gasteiger partial charge in [0.1, 0.15) is 11.3 Å². The van der Waals surface area contributed by atoms with Crippen molar-refractivity contribution >= 4 is 22.6 Å². The minimum absolute atomic E-state index is 0.234. The van der Waals surface area contributed by atoms with Crippen LogP contribution in [0.5, 0.6) is 17.2 Å². The Labute approximate surface area is 185 Å². The summed E-state index contributed by atoms with van der Waals surface area (Å²) in [7, 11) is 0. The van der Waals surface area contributed by atoms with Crippen molar-refractivity contribution in [2.75, 3.05) is 6.61 Å². The zero-order valence-electron chi connectivity index (χ0n) is 18.0. The predicted molar refractivity (Wildman–Crippen MR) is 119 cm³/mol. The van der Waals surface area contributed by atoms with E-state index in [2.05, 4.69) is 5.32 Å². The fraction of sp³-hybridized carbons (Fsp3) is 0.280. The lowest BCUT2D eigenvalue weighted by molar-refractivity contribution is -0.143. The number of benzene rings is 3. The zero-order chi connectivity index (χ0) is 22.7. The first kappa shape index (κ1) is 21.5. The molecular formula is C25H25NO6. The van der Waals surface area contributed by atoms with Crippen LogP contribution in [0.2, 0.25) is 0 Å². The molecule has 2 N–H and O–H groups in total. The number of hydrogen-bond donors (Lipinski definition) is 2. The molecule has 0 saturated carbocycles. The average Bonchev–Trinajstić information content (AvgIpc) is 3.00. The van der Waals surface area contributed by atoms with Crippen LogP contribution in [0.1, 0.15) is 37.0 Å². The van der Waals surface area contributed by atoms with E-state index >= 15 is 0 Å². The first-order valence-electron chi connectivity index (χ1n) is 10.5. The smallest absolute Gasteiger partial charge is 0.329 e. The van der Waals surface area contributed by atoms with E-state index in [1.807, 2.05) is 48.5 Å². The highest BCUT2D eigenvalue weighted by Gasteiger charge is 2.34. The maximum atomic E-state index is 13.2. The molecule has 0 aromatic heterocycles. The van der Waals surface area contributed by atoms with Gasteiger partial charge < -0.3 is 24.6 Å². The summed E-state index contributed by atoms with van der Waals surface area (Å²) in [4.78, 5) is 24.9. The number of ether oxygens (including phenoxy) is 3. The average molecular weight is 435 g/mol. The number of hydrogen-bond acceptors (Lipinski definition) is 5. The van der Waals surface area contributed by atoms with Gasteiger partial charge in [-0.05, 0) is 36.9 Å². The van der Waals surface area contributed by atoms with Gasteiger partial charge in [0.25, 0.3) is 5.91 Å². The SMILES string of the molecule is CCC(C)(NC(=O)c1ccc2ccccc2c1OC1CCOc2ccccc2O1)C(=O)O. The monoisotopic (exact) mass is 435 g/mol. The third-order valence-electron chi connectivity index (χ3n) is 5.66. The van der Waals surface area contributed by atoms with E-state index in [4.69, 9.17) is 14.2 Å². The first-order chi connectivity index (χ1) is 15.4. The number of carbonyl (C=O) groups excluding carboxylic acids is 1. The van der Waals surface area contributed by atoms with E-state index in [-0.39, 0.29) is 12.0 Å². The molecule has 1 aliphatic rings. The van der Waals surface area contributed by atoms with Gasteiger partial charge in [0, 0.05) is 5.39 Å². The Balaban J connectivity index is 1.71. The van der Waals surface area contributed by atoms with Crippen LogP contribution in [-0.4, -0.2) is 35.4 Å². The second-order valence-electron chi connectivity index (χ2n) is 7.86. The summed E-state index contributed by atoms with van der Waals surface area (Å²) in [5.41, 5.74) is -1.15. The molecule has 32 heavy (non-hydrogen) atoms. The molecular weight excluding hydrogens is 410 g/mol. The molecule has 2 atom stereocenters. The Morgan fingerprint density at radius 3 is 2.56 bits per heavy atom. The van der Waals surface area contributed by atoms with E-state index in [1.165, 1.54) is 6.92 Å². The third-order valence-corrected chi connectivity index (χ3v) is 5.66. The molecule has 166 valence electrons. The Kier molecular flexibility index (Phi) is 5.90. The van der Waals surface area contributed by atoms with Gasteiger partial charge in [-0.3, -0.25) is 4.79 Å². The molecule has 0 bridgehead atoms. The van der Waals surface area contributed by atoms with Crippen molar-refractivity contribution in [3.05, 3.63) is 66.2 Å². The number of carboxylic acids is 1. The molecule has 0 fully saturated rings. The fourth-order valence-electron chi connectivity index (χ4n) is 3.51. The Hall–Kier alpha value is -3.74. The quantitative estimate of drug-likeness (QED) is 0.596. The first-order valence-corrected chi connectivity index (χ1v) is 10.5. The molecule has 0 aliphatic carbocycles. The minimum atomic E-state index is -1.40. The largest absolute Gasteiger partial charge is 0.489 e. The standard InChI is InChI=1S/C25H25NO6/c1-3-25(2,24(28)29)26-23(27)18-13-12-16-8-4-5-9-17(16)22(18)32-21-14-15-30-19-10-6-7-11-20(19)31-21/h4-13,21H,3,14-15H2,1-2H3,(H,26,27)(H,28,29). The van der Waals surface area contributed by atoms with E-state index in [1.54, 1.807) is 19.1 Å². The highest BCUT2D eigenvalue weighted by atomic mass is 16.7. The van der Waals surface area contributed by atoms with E-state index in [0.717, 1.165) is 10.8 Å². The van der Waals surface area contributed by atoms with E-state index < -0.39 is 23.7 Å². The van der Waals surface area contributed by atoms with Crippen molar-refractivity contribution in [2.24, 2.45) is 0 Å². The Morgan fingerprint density at radius 2 is 1.81 bits per heavy atom. The number of carbonyl (C=O) groups is 2. The van der Waals surface area contributed by atoms with Crippen molar-refractivity contribution < 1.29 is 28.9 Å². The highest BCUT2D eigenvalue weighted by molar-refractivity contribution is 6.05. The summed E-state index contributed by atoms with van der Waals surface area (Å²) in [6.07, 6.45) is -0.00797. The molecule has 1 aliphatic heterocycles. The number of fused-ring (bicyclic) bond motifs is 2. The molecule has 7 nitrogen and oxygen atoms in total. The summed E-state index contributed by atoms with van der Waals surface area (Å²) in [5.74, 6) is -0.0885. The van der Waals surface area contributed by atoms with Crippen molar-refractivity contribution in [1.82, 2.24) is 5.32 Å². The summed E-state index contributed by atoms with van der Waals surface area (Å²) in [6, 6.07) is 18.3. The lowest BCUT2D eigenvalue weighted by Crippen LogP contribution is -2.51. The van der Waals surface area contributed by atoms with E-state index in [9.17, 15) is 14.7 Å². The number of para-hydroxylation sites is 2. The lowest BCUT2D eigenvalue weighted by atomic mass is 9.97. The lowest BCUT2D eigenvalue weighted by Gasteiger charge is -2.26. The molecule has 2 unspecified atom stereocenters. The normalized spacial score (nSPS) is 17.1. The van der Waals surface area contributed by atoms with Crippen molar-refractivity contribution in [2.45, 2.75) is 38.5 Å². The maximum Gasteiger partial charge on any atom is 0.329 e.